The van der Waals surface area contributed by atoms with Crippen molar-refractivity contribution >= 4 is 11.9 Å². The van der Waals surface area contributed by atoms with Crippen LogP contribution in [0.15, 0.2) is 0 Å². The number of esters is 2. The number of ether oxygens (including phenoxy) is 3. The summed E-state index contributed by atoms with van der Waals surface area (Å²) in [6.45, 7) is 5.88. The van der Waals surface area contributed by atoms with Gasteiger partial charge >= 0.3 is 11.9 Å². The Morgan fingerprint density at radius 1 is 0.920 bits per heavy atom. The lowest BCUT2D eigenvalue weighted by Crippen LogP contribution is -2.34. The zero-order valence-electron chi connectivity index (χ0n) is 16.1. The number of rotatable bonds is 7. The Bertz CT molecular complexity index is 431. The van der Waals surface area contributed by atoms with Gasteiger partial charge in [-0.1, -0.05) is 26.2 Å². The summed E-state index contributed by atoms with van der Waals surface area (Å²) in [4.78, 5) is 24.3. The molecule has 2 aliphatic carbocycles. The van der Waals surface area contributed by atoms with E-state index in [1.54, 1.807) is 0 Å². The molecule has 0 aromatic carbocycles. The van der Waals surface area contributed by atoms with Crippen molar-refractivity contribution in [3.8, 4) is 0 Å². The lowest BCUT2D eigenvalue weighted by Gasteiger charge is -2.30. The molecule has 2 rings (SSSR count). The molecule has 0 amide bonds. The maximum Gasteiger partial charge on any atom is 0.311 e. The van der Waals surface area contributed by atoms with Crippen LogP contribution in [0.3, 0.4) is 0 Å². The average Bonchev–Trinajstić information content (AvgIpc) is 2.63. The van der Waals surface area contributed by atoms with Gasteiger partial charge in [0.05, 0.1) is 17.4 Å². The SMILES string of the molecule is CCC(C)(C)C(=O)OC1CCC(C(=O)OCOC2CCCCC2)CC1. The molecule has 0 radical (unpaired) electrons. The highest BCUT2D eigenvalue weighted by molar-refractivity contribution is 5.76. The van der Waals surface area contributed by atoms with Crippen LogP contribution in [-0.2, 0) is 23.8 Å². The normalized spacial score (nSPS) is 25.4. The van der Waals surface area contributed by atoms with Crippen molar-refractivity contribution in [3.63, 3.8) is 0 Å². The molecule has 5 nitrogen and oxygen atoms in total. The number of hydrogen-bond acceptors (Lipinski definition) is 5. The fourth-order valence-corrected chi connectivity index (χ4v) is 3.41. The molecule has 144 valence electrons. The molecule has 0 spiro atoms. The molecule has 0 bridgehead atoms. The second-order valence-corrected chi connectivity index (χ2v) is 8.12. The molecule has 2 fully saturated rings. The first-order valence-electron chi connectivity index (χ1n) is 9.91. The van der Waals surface area contributed by atoms with E-state index in [9.17, 15) is 9.59 Å². The van der Waals surface area contributed by atoms with Crippen LogP contribution in [0.1, 0.15) is 85.0 Å². The monoisotopic (exact) mass is 354 g/mol. The molecule has 0 aliphatic heterocycles. The molecule has 0 aromatic rings. The van der Waals surface area contributed by atoms with Crippen molar-refractivity contribution in [1.82, 2.24) is 0 Å². The summed E-state index contributed by atoms with van der Waals surface area (Å²) >= 11 is 0. The highest BCUT2D eigenvalue weighted by Gasteiger charge is 2.33. The minimum Gasteiger partial charge on any atom is -0.462 e. The molecule has 0 atom stereocenters. The molecule has 2 saturated carbocycles. The van der Waals surface area contributed by atoms with E-state index in [1.165, 1.54) is 19.3 Å². The molecule has 25 heavy (non-hydrogen) atoms. The Labute approximate surface area is 151 Å². The van der Waals surface area contributed by atoms with Crippen LogP contribution in [0, 0.1) is 11.3 Å². The fourth-order valence-electron chi connectivity index (χ4n) is 3.41. The smallest absolute Gasteiger partial charge is 0.311 e. The van der Waals surface area contributed by atoms with Gasteiger partial charge in [0.15, 0.2) is 6.79 Å². The summed E-state index contributed by atoms with van der Waals surface area (Å²) in [6, 6.07) is 0. The Kier molecular flexibility index (Phi) is 7.73. The van der Waals surface area contributed by atoms with Gasteiger partial charge in [-0.05, 0) is 58.8 Å². The van der Waals surface area contributed by atoms with Gasteiger partial charge in [0, 0.05) is 0 Å². The van der Waals surface area contributed by atoms with Gasteiger partial charge in [-0.15, -0.1) is 0 Å². The number of carbonyl (C=O) groups is 2. The van der Waals surface area contributed by atoms with Crippen molar-refractivity contribution in [2.75, 3.05) is 6.79 Å². The van der Waals surface area contributed by atoms with Crippen molar-refractivity contribution in [3.05, 3.63) is 0 Å². The first-order chi connectivity index (χ1) is 11.9. The van der Waals surface area contributed by atoms with Crippen LogP contribution in [-0.4, -0.2) is 30.9 Å². The summed E-state index contributed by atoms with van der Waals surface area (Å²) in [5, 5.41) is 0. The number of carbonyl (C=O) groups excluding carboxylic acids is 2. The summed E-state index contributed by atoms with van der Waals surface area (Å²) in [5.41, 5.74) is -0.438. The highest BCUT2D eigenvalue weighted by atomic mass is 16.7. The zero-order valence-corrected chi connectivity index (χ0v) is 16.1. The molecule has 0 N–H and O–H groups in total. The standard InChI is InChI=1S/C20H34O5/c1-4-20(2,3)19(22)25-17-12-10-15(11-13-17)18(21)24-14-23-16-8-6-5-7-9-16/h15-17H,4-14H2,1-3H3. The van der Waals surface area contributed by atoms with Gasteiger partial charge in [-0.2, -0.15) is 0 Å². The summed E-state index contributed by atoms with van der Waals surface area (Å²) < 4.78 is 16.6. The third kappa shape index (κ3) is 6.28. The van der Waals surface area contributed by atoms with Gasteiger partial charge in [-0.25, -0.2) is 0 Å². The van der Waals surface area contributed by atoms with Crippen molar-refractivity contribution in [2.45, 2.75) is 97.2 Å². The van der Waals surface area contributed by atoms with Crippen LogP contribution in [0.2, 0.25) is 0 Å². The van der Waals surface area contributed by atoms with E-state index in [0.29, 0.717) is 12.8 Å². The molecular formula is C20H34O5. The largest absolute Gasteiger partial charge is 0.462 e. The molecule has 2 aliphatic rings. The summed E-state index contributed by atoms with van der Waals surface area (Å²) in [7, 11) is 0. The topological polar surface area (TPSA) is 61.8 Å². The summed E-state index contributed by atoms with van der Waals surface area (Å²) in [6.07, 6.45) is 9.66. The van der Waals surface area contributed by atoms with E-state index in [-0.39, 0.29) is 36.9 Å². The van der Waals surface area contributed by atoms with Crippen LogP contribution in [0.4, 0.5) is 0 Å². The third-order valence-electron chi connectivity index (χ3n) is 5.77. The predicted octanol–water partition coefficient (Wildman–Crippen LogP) is 4.37. The molecule has 0 heterocycles. The zero-order chi connectivity index (χ0) is 18.3. The van der Waals surface area contributed by atoms with E-state index in [2.05, 4.69) is 0 Å². The fraction of sp³-hybridized carbons (Fsp3) is 0.900. The van der Waals surface area contributed by atoms with Crippen LogP contribution in [0.25, 0.3) is 0 Å². The van der Waals surface area contributed by atoms with Crippen molar-refractivity contribution in [2.24, 2.45) is 11.3 Å². The van der Waals surface area contributed by atoms with Gasteiger partial charge in [0.25, 0.3) is 0 Å². The second kappa shape index (κ2) is 9.56. The minimum atomic E-state index is -0.438. The molecular weight excluding hydrogens is 320 g/mol. The maximum absolute atomic E-state index is 12.2. The minimum absolute atomic E-state index is 0.0686. The van der Waals surface area contributed by atoms with Crippen molar-refractivity contribution < 1.29 is 23.8 Å². The third-order valence-corrected chi connectivity index (χ3v) is 5.77. The molecule has 5 heteroatoms. The molecule has 0 unspecified atom stereocenters. The predicted molar refractivity (Wildman–Crippen MR) is 94.8 cm³/mol. The first kappa shape index (κ1) is 20.2. The van der Waals surface area contributed by atoms with Gasteiger partial charge in [0.2, 0.25) is 0 Å². The quantitative estimate of drug-likeness (QED) is 0.502. The van der Waals surface area contributed by atoms with E-state index in [1.807, 2.05) is 20.8 Å². The Morgan fingerprint density at radius 3 is 2.16 bits per heavy atom. The van der Waals surface area contributed by atoms with Crippen molar-refractivity contribution in [1.29, 1.82) is 0 Å². The Morgan fingerprint density at radius 2 is 1.56 bits per heavy atom. The first-order valence-corrected chi connectivity index (χ1v) is 9.91. The second-order valence-electron chi connectivity index (χ2n) is 8.12. The average molecular weight is 354 g/mol. The maximum atomic E-state index is 12.2. The van der Waals surface area contributed by atoms with E-state index in [0.717, 1.165) is 32.1 Å². The van der Waals surface area contributed by atoms with Gasteiger partial charge in [0.1, 0.15) is 6.10 Å². The lowest BCUT2D eigenvalue weighted by molar-refractivity contribution is -0.170. The van der Waals surface area contributed by atoms with E-state index in [4.69, 9.17) is 14.2 Å². The van der Waals surface area contributed by atoms with Crippen LogP contribution < -0.4 is 0 Å². The summed E-state index contributed by atoms with van der Waals surface area (Å²) in [5.74, 6) is -0.402. The Hall–Kier alpha value is -1.10. The van der Waals surface area contributed by atoms with Gasteiger partial charge in [-0.3, -0.25) is 9.59 Å². The Balaban J connectivity index is 1.63. The van der Waals surface area contributed by atoms with E-state index >= 15 is 0 Å². The molecule has 0 saturated heterocycles. The van der Waals surface area contributed by atoms with Crippen LogP contribution in [0.5, 0.6) is 0 Å². The number of hydrogen-bond donors (Lipinski definition) is 0. The lowest BCUT2D eigenvalue weighted by atomic mass is 9.86. The van der Waals surface area contributed by atoms with E-state index < -0.39 is 5.41 Å². The molecule has 0 aromatic heterocycles. The highest BCUT2D eigenvalue weighted by Crippen LogP contribution is 2.30. The van der Waals surface area contributed by atoms with Gasteiger partial charge < -0.3 is 14.2 Å². The van der Waals surface area contributed by atoms with Crippen LogP contribution >= 0.6 is 0 Å².